The fourth-order valence-electron chi connectivity index (χ4n) is 4.60. The quantitative estimate of drug-likeness (QED) is 0.403. The summed E-state index contributed by atoms with van der Waals surface area (Å²) < 4.78 is 5.37. The minimum absolute atomic E-state index is 0.646. The van der Waals surface area contributed by atoms with Gasteiger partial charge in [-0.2, -0.15) is 0 Å². The molecule has 5 rings (SSSR count). The highest BCUT2D eigenvalue weighted by atomic mass is 16.5. The number of rotatable bonds is 7. The molecule has 1 aliphatic heterocycles. The monoisotopic (exact) mass is 447 g/mol. The van der Waals surface area contributed by atoms with Crippen LogP contribution in [-0.4, -0.2) is 24.0 Å². The number of ether oxygens (including phenoxy) is 1. The Labute approximate surface area is 200 Å². The van der Waals surface area contributed by atoms with Crippen LogP contribution < -0.4 is 4.74 Å². The first kappa shape index (κ1) is 21.9. The Kier molecular flexibility index (Phi) is 6.13. The summed E-state index contributed by atoms with van der Waals surface area (Å²) in [6.07, 6.45) is 18.4. The smallest absolute Gasteiger partial charge is 0.119 e. The lowest BCUT2D eigenvalue weighted by Crippen LogP contribution is -1.98. The highest BCUT2D eigenvalue weighted by molar-refractivity contribution is 6.19. The number of aromatic nitrogens is 1. The third-order valence-electron chi connectivity index (χ3n) is 6.54. The van der Waals surface area contributed by atoms with Crippen molar-refractivity contribution >= 4 is 28.9 Å². The number of aromatic amines is 1. The van der Waals surface area contributed by atoms with E-state index in [0.29, 0.717) is 5.71 Å². The number of hydrogen-bond donors (Lipinski definition) is 2. The molecule has 0 fully saturated rings. The van der Waals surface area contributed by atoms with Crippen LogP contribution in [0.5, 0.6) is 5.75 Å². The standard InChI is InChI=1S/C30H29N3O/c1-20-15-23-9-7-22(17-28(23)30(20)31)16-21-8-10-25(32-14-13-21)6-4-3-5-24-19-33-29-12-11-26(34-2)18-27(24)29/h4,6-7,9-15,17-19,31,33H,3,5,8,16H2,1-2H3. The molecule has 3 aromatic rings. The molecule has 0 spiro atoms. The van der Waals surface area contributed by atoms with E-state index in [1.54, 1.807) is 7.11 Å². The summed E-state index contributed by atoms with van der Waals surface area (Å²) in [6.45, 7) is 2.00. The van der Waals surface area contributed by atoms with E-state index in [1.807, 2.05) is 19.2 Å². The minimum atomic E-state index is 0.646. The van der Waals surface area contributed by atoms with Crippen LogP contribution >= 0.6 is 0 Å². The van der Waals surface area contributed by atoms with Crippen molar-refractivity contribution in [3.05, 3.63) is 106 Å². The fourth-order valence-corrected chi connectivity index (χ4v) is 4.60. The second kappa shape index (κ2) is 9.52. The van der Waals surface area contributed by atoms with Gasteiger partial charge in [0.2, 0.25) is 0 Å². The topological polar surface area (TPSA) is 61.2 Å². The first-order valence-electron chi connectivity index (χ1n) is 11.7. The molecule has 0 radical (unpaired) electrons. The Morgan fingerprint density at radius 2 is 2.09 bits per heavy atom. The van der Waals surface area contributed by atoms with Gasteiger partial charge in [0.25, 0.3) is 0 Å². The predicted octanol–water partition coefficient (Wildman–Crippen LogP) is 6.98. The number of hydrogen-bond acceptors (Lipinski definition) is 3. The van der Waals surface area contributed by atoms with Crippen LogP contribution in [0.1, 0.15) is 42.0 Å². The number of H-pyrrole nitrogens is 1. The van der Waals surface area contributed by atoms with Gasteiger partial charge in [-0.3, -0.25) is 10.4 Å². The molecular weight excluding hydrogens is 418 g/mol. The van der Waals surface area contributed by atoms with Gasteiger partial charge in [-0.05, 0) is 97.4 Å². The summed E-state index contributed by atoms with van der Waals surface area (Å²) in [5.41, 5.74) is 9.90. The lowest BCUT2D eigenvalue weighted by molar-refractivity contribution is 0.415. The van der Waals surface area contributed by atoms with Gasteiger partial charge < -0.3 is 9.72 Å². The maximum atomic E-state index is 8.27. The van der Waals surface area contributed by atoms with E-state index in [-0.39, 0.29) is 0 Å². The van der Waals surface area contributed by atoms with Crippen molar-refractivity contribution in [2.75, 3.05) is 7.11 Å². The van der Waals surface area contributed by atoms with Crippen LogP contribution in [0.3, 0.4) is 0 Å². The molecule has 1 aromatic heterocycles. The molecule has 2 aliphatic rings. The first-order valence-corrected chi connectivity index (χ1v) is 11.7. The molecule has 4 heteroatoms. The maximum Gasteiger partial charge on any atom is 0.119 e. The van der Waals surface area contributed by atoms with Crippen LogP contribution in [0.15, 0.2) is 88.7 Å². The van der Waals surface area contributed by atoms with E-state index in [1.165, 1.54) is 22.1 Å². The molecule has 0 bridgehead atoms. The van der Waals surface area contributed by atoms with E-state index >= 15 is 0 Å². The zero-order valence-corrected chi connectivity index (χ0v) is 19.7. The van der Waals surface area contributed by atoms with E-state index in [0.717, 1.165) is 59.3 Å². The molecule has 2 heterocycles. The van der Waals surface area contributed by atoms with Crippen molar-refractivity contribution < 1.29 is 4.74 Å². The number of aliphatic imine (C=N–C) groups is 1. The van der Waals surface area contributed by atoms with Crippen LogP contribution in [0.2, 0.25) is 0 Å². The first-order chi connectivity index (χ1) is 16.6. The van der Waals surface area contributed by atoms with Gasteiger partial charge in [0.1, 0.15) is 5.75 Å². The summed E-state index contributed by atoms with van der Waals surface area (Å²) >= 11 is 0. The molecule has 0 atom stereocenters. The maximum absolute atomic E-state index is 8.27. The molecule has 2 N–H and O–H groups in total. The molecule has 4 nitrogen and oxygen atoms in total. The summed E-state index contributed by atoms with van der Waals surface area (Å²) in [6, 6.07) is 12.6. The van der Waals surface area contributed by atoms with Gasteiger partial charge in [0.15, 0.2) is 0 Å². The molecule has 170 valence electrons. The van der Waals surface area contributed by atoms with Gasteiger partial charge in [-0.15, -0.1) is 0 Å². The van der Waals surface area contributed by atoms with E-state index in [2.05, 4.69) is 76.9 Å². The van der Waals surface area contributed by atoms with E-state index in [4.69, 9.17) is 10.1 Å². The molecule has 2 aromatic carbocycles. The van der Waals surface area contributed by atoms with E-state index < -0.39 is 0 Å². The zero-order chi connectivity index (χ0) is 23.5. The van der Waals surface area contributed by atoms with Crippen molar-refractivity contribution in [1.29, 1.82) is 5.41 Å². The van der Waals surface area contributed by atoms with E-state index in [9.17, 15) is 0 Å². The summed E-state index contributed by atoms with van der Waals surface area (Å²) in [4.78, 5) is 7.95. The van der Waals surface area contributed by atoms with Gasteiger partial charge in [0.05, 0.1) is 18.5 Å². The Hall–Kier alpha value is -3.92. The number of nitrogens with one attached hydrogen (secondary N) is 2. The number of methoxy groups -OCH3 is 1. The SMILES string of the molecule is COc1ccc2[nH]cc(CCC=CC3=CCC(Cc4ccc5c(c4)C(=N)C(C)=C5)=CC=N3)c2c1. The van der Waals surface area contributed by atoms with Crippen LogP contribution in [0.4, 0.5) is 0 Å². The average molecular weight is 448 g/mol. The van der Waals surface area contributed by atoms with Crippen molar-refractivity contribution in [3.63, 3.8) is 0 Å². The highest BCUT2D eigenvalue weighted by Crippen LogP contribution is 2.27. The van der Waals surface area contributed by atoms with Gasteiger partial charge in [-0.1, -0.05) is 29.9 Å². The molecule has 1 aliphatic carbocycles. The molecule has 0 amide bonds. The molecule has 0 saturated heterocycles. The Morgan fingerprint density at radius 1 is 1.18 bits per heavy atom. The second-order valence-corrected chi connectivity index (χ2v) is 8.90. The van der Waals surface area contributed by atoms with Crippen molar-refractivity contribution in [2.45, 2.75) is 32.6 Å². The Bertz CT molecular complexity index is 1410. The Morgan fingerprint density at radius 3 is 2.97 bits per heavy atom. The summed E-state index contributed by atoms with van der Waals surface area (Å²) in [5.74, 6) is 0.884. The molecule has 0 unspecified atom stereocenters. The number of benzene rings is 2. The normalized spacial score (nSPS) is 15.4. The van der Waals surface area contributed by atoms with Crippen molar-refractivity contribution in [1.82, 2.24) is 4.98 Å². The third kappa shape index (κ3) is 4.58. The predicted molar refractivity (Wildman–Crippen MR) is 142 cm³/mol. The molecule has 34 heavy (non-hydrogen) atoms. The number of nitrogens with zero attached hydrogens (tertiary/aromatic N) is 1. The van der Waals surface area contributed by atoms with Crippen LogP contribution in [0, 0.1) is 5.41 Å². The highest BCUT2D eigenvalue weighted by Gasteiger charge is 2.16. The number of fused-ring (bicyclic) bond motifs is 2. The van der Waals surface area contributed by atoms with Gasteiger partial charge in [0, 0.05) is 28.9 Å². The molecule has 0 saturated carbocycles. The Balaban J connectivity index is 1.18. The lowest BCUT2D eigenvalue weighted by atomic mass is 9.97. The minimum Gasteiger partial charge on any atom is -0.497 e. The molecular formula is C30H29N3O. The van der Waals surface area contributed by atoms with Crippen molar-refractivity contribution in [3.8, 4) is 5.75 Å². The number of aryl methyl sites for hydroxylation is 1. The second-order valence-electron chi connectivity index (χ2n) is 8.90. The largest absolute Gasteiger partial charge is 0.497 e. The number of allylic oxidation sites excluding steroid dienone is 6. The lowest BCUT2D eigenvalue weighted by Gasteiger charge is -2.07. The summed E-state index contributed by atoms with van der Waals surface area (Å²) in [7, 11) is 1.70. The third-order valence-corrected chi connectivity index (χ3v) is 6.54. The van der Waals surface area contributed by atoms with Crippen LogP contribution in [-0.2, 0) is 12.8 Å². The van der Waals surface area contributed by atoms with Gasteiger partial charge in [-0.25, -0.2) is 0 Å². The van der Waals surface area contributed by atoms with Crippen molar-refractivity contribution in [2.24, 2.45) is 4.99 Å². The zero-order valence-electron chi connectivity index (χ0n) is 19.7. The van der Waals surface area contributed by atoms with Crippen LogP contribution in [0.25, 0.3) is 17.0 Å². The summed E-state index contributed by atoms with van der Waals surface area (Å²) in [5, 5.41) is 9.49. The fraction of sp³-hybridized carbons (Fsp3) is 0.200. The average Bonchev–Trinajstić information content (AvgIpc) is 3.29. The van der Waals surface area contributed by atoms with Gasteiger partial charge >= 0.3 is 0 Å².